The fourth-order valence-corrected chi connectivity index (χ4v) is 0.937. The summed E-state index contributed by atoms with van der Waals surface area (Å²) in [6.07, 6.45) is 2.17. The van der Waals surface area contributed by atoms with Gasteiger partial charge in [-0.25, -0.2) is 0 Å². The maximum absolute atomic E-state index is 10.3. The molecule has 58 valence electrons. The first-order chi connectivity index (χ1) is 4.74. The van der Waals surface area contributed by atoms with E-state index in [-0.39, 0.29) is 5.88 Å². The Hall–Kier alpha value is -0.280. The highest BCUT2D eigenvalue weighted by Crippen LogP contribution is 2.19. The van der Waals surface area contributed by atoms with Crippen LogP contribution in [0.5, 0.6) is 0 Å². The molecule has 1 unspecified atom stereocenters. The predicted octanol–water partition coefficient (Wildman–Crippen LogP) is 0.430. The number of carbonyl (C=O) groups is 1. The van der Waals surface area contributed by atoms with E-state index in [4.69, 9.17) is 16.7 Å². The van der Waals surface area contributed by atoms with Crippen LogP contribution in [-0.4, -0.2) is 29.0 Å². The van der Waals surface area contributed by atoms with Gasteiger partial charge in [0.1, 0.15) is 6.04 Å². The Morgan fingerprint density at radius 2 is 2.40 bits per heavy atom. The lowest BCUT2D eigenvalue weighted by Gasteiger charge is -2.08. The highest BCUT2D eigenvalue weighted by atomic mass is 35.5. The molecular weight excluding hydrogens is 154 g/mol. The van der Waals surface area contributed by atoms with E-state index in [9.17, 15) is 4.79 Å². The second-order valence-electron chi connectivity index (χ2n) is 2.49. The number of carboxylic acids is 1. The maximum atomic E-state index is 10.3. The Labute approximate surface area is 64.4 Å². The van der Waals surface area contributed by atoms with Gasteiger partial charge in [0, 0.05) is 11.9 Å². The van der Waals surface area contributed by atoms with Gasteiger partial charge in [-0.05, 0) is 12.8 Å². The smallest absolute Gasteiger partial charge is 0.321 e. The number of rotatable bonds is 4. The van der Waals surface area contributed by atoms with Crippen molar-refractivity contribution in [1.29, 1.82) is 0 Å². The molecule has 4 heteroatoms. The van der Waals surface area contributed by atoms with Crippen LogP contribution in [0.3, 0.4) is 0 Å². The highest BCUT2D eigenvalue weighted by Gasteiger charge is 2.27. The molecule has 0 aliphatic heterocycles. The minimum Gasteiger partial charge on any atom is -0.480 e. The minimum absolute atomic E-state index is 0.145. The molecule has 0 aromatic heterocycles. The molecule has 10 heavy (non-hydrogen) atoms. The molecular formula is C6H10ClNO2. The van der Waals surface area contributed by atoms with E-state index in [1.807, 2.05) is 0 Å². The molecule has 1 saturated carbocycles. The van der Waals surface area contributed by atoms with Gasteiger partial charge in [0.25, 0.3) is 0 Å². The Kier molecular flexibility index (Phi) is 2.51. The van der Waals surface area contributed by atoms with E-state index in [0.717, 1.165) is 12.8 Å². The summed E-state index contributed by atoms with van der Waals surface area (Å²) in [5.41, 5.74) is 0. The number of hydrogen-bond acceptors (Lipinski definition) is 2. The number of hydrogen-bond donors (Lipinski definition) is 2. The van der Waals surface area contributed by atoms with Gasteiger partial charge in [-0.15, -0.1) is 11.6 Å². The average Bonchev–Trinajstić information content (AvgIpc) is 2.64. The summed E-state index contributed by atoms with van der Waals surface area (Å²) in [4.78, 5) is 10.3. The standard InChI is InChI=1S/C6H10ClNO2/c7-3-5(6(9)10)8-4-1-2-4/h4-5,8H,1-3H2,(H,9,10). The number of carboxylic acid groups (broad SMARTS) is 1. The maximum Gasteiger partial charge on any atom is 0.321 e. The van der Waals surface area contributed by atoms with Gasteiger partial charge in [0.05, 0.1) is 0 Å². The molecule has 3 nitrogen and oxygen atoms in total. The summed E-state index contributed by atoms with van der Waals surface area (Å²) in [7, 11) is 0. The van der Waals surface area contributed by atoms with Crippen molar-refractivity contribution in [3.8, 4) is 0 Å². The first kappa shape index (κ1) is 7.82. The van der Waals surface area contributed by atoms with Crippen LogP contribution in [0.2, 0.25) is 0 Å². The van der Waals surface area contributed by atoms with E-state index in [2.05, 4.69) is 5.32 Å². The van der Waals surface area contributed by atoms with Crippen LogP contribution in [0.4, 0.5) is 0 Å². The zero-order valence-corrected chi connectivity index (χ0v) is 6.27. The molecule has 1 aliphatic carbocycles. The second kappa shape index (κ2) is 3.21. The van der Waals surface area contributed by atoms with Gasteiger partial charge in [0.2, 0.25) is 0 Å². The number of alkyl halides is 1. The van der Waals surface area contributed by atoms with Crippen molar-refractivity contribution in [1.82, 2.24) is 5.32 Å². The number of aliphatic carboxylic acids is 1. The van der Waals surface area contributed by atoms with E-state index in [1.165, 1.54) is 0 Å². The molecule has 0 amide bonds. The molecule has 0 bridgehead atoms. The van der Waals surface area contributed by atoms with Crippen molar-refractivity contribution in [3.05, 3.63) is 0 Å². The summed E-state index contributed by atoms with van der Waals surface area (Å²) < 4.78 is 0. The quantitative estimate of drug-likeness (QED) is 0.591. The van der Waals surface area contributed by atoms with Gasteiger partial charge in [-0.1, -0.05) is 0 Å². The van der Waals surface area contributed by atoms with Gasteiger partial charge in [-0.3, -0.25) is 4.79 Å². The molecule has 0 spiro atoms. The first-order valence-electron chi connectivity index (χ1n) is 3.29. The third kappa shape index (κ3) is 2.15. The van der Waals surface area contributed by atoms with E-state index < -0.39 is 12.0 Å². The first-order valence-corrected chi connectivity index (χ1v) is 3.82. The summed E-state index contributed by atoms with van der Waals surface area (Å²) in [5.74, 6) is -0.715. The SMILES string of the molecule is O=C(O)C(CCl)NC1CC1. The largest absolute Gasteiger partial charge is 0.480 e. The molecule has 2 N–H and O–H groups in total. The van der Waals surface area contributed by atoms with Gasteiger partial charge in [0.15, 0.2) is 0 Å². The molecule has 0 heterocycles. The van der Waals surface area contributed by atoms with Crippen molar-refractivity contribution in [3.63, 3.8) is 0 Å². The summed E-state index contributed by atoms with van der Waals surface area (Å²) in [6.45, 7) is 0. The zero-order valence-electron chi connectivity index (χ0n) is 5.51. The lowest BCUT2D eigenvalue weighted by Crippen LogP contribution is -2.39. The minimum atomic E-state index is -0.859. The Morgan fingerprint density at radius 1 is 1.80 bits per heavy atom. The fourth-order valence-electron chi connectivity index (χ4n) is 0.716. The Balaban J connectivity index is 2.24. The number of nitrogens with one attached hydrogen (secondary N) is 1. The third-order valence-corrected chi connectivity index (χ3v) is 1.78. The van der Waals surface area contributed by atoms with Crippen LogP contribution in [0.25, 0.3) is 0 Å². The summed E-state index contributed by atoms with van der Waals surface area (Å²) >= 11 is 5.39. The van der Waals surface area contributed by atoms with Crippen molar-refractivity contribution in [2.24, 2.45) is 0 Å². The van der Waals surface area contributed by atoms with Crippen molar-refractivity contribution in [2.75, 3.05) is 5.88 Å². The molecule has 0 aromatic carbocycles. The van der Waals surface area contributed by atoms with Crippen molar-refractivity contribution >= 4 is 17.6 Å². The molecule has 1 rings (SSSR count). The molecule has 1 atom stereocenters. The van der Waals surface area contributed by atoms with Crippen molar-refractivity contribution < 1.29 is 9.90 Å². The van der Waals surface area contributed by atoms with Gasteiger partial charge in [-0.2, -0.15) is 0 Å². The van der Waals surface area contributed by atoms with Crippen LogP contribution in [0.1, 0.15) is 12.8 Å². The molecule has 0 saturated heterocycles. The highest BCUT2D eigenvalue weighted by molar-refractivity contribution is 6.19. The monoisotopic (exact) mass is 163 g/mol. The summed E-state index contributed by atoms with van der Waals surface area (Å²) in [6, 6.07) is -0.158. The Morgan fingerprint density at radius 3 is 2.70 bits per heavy atom. The van der Waals surface area contributed by atoms with E-state index in [0.29, 0.717) is 6.04 Å². The van der Waals surface area contributed by atoms with Gasteiger partial charge >= 0.3 is 5.97 Å². The number of halogens is 1. The summed E-state index contributed by atoms with van der Waals surface area (Å²) in [5, 5.41) is 11.4. The molecule has 0 radical (unpaired) electrons. The second-order valence-corrected chi connectivity index (χ2v) is 2.79. The lowest BCUT2D eigenvalue weighted by molar-refractivity contribution is -0.138. The van der Waals surface area contributed by atoms with E-state index >= 15 is 0 Å². The molecule has 0 aromatic rings. The normalized spacial score (nSPS) is 20.5. The van der Waals surface area contributed by atoms with Crippen LogP contribution in [0, 0.1) is 0 Å². The topological polar surface area (TPSA) is 49.3 Å². The average molecular weight is 164 g/mol. The third-order valence-electron chi connectivity index (χ3n) is 1.47. The Bertz CT molecular complexity index is 136. The molecule has 1 fully saturated rings. The molecule has 1 aliphatic rings. The van der Waals surface area contributed by atoms with E-state index in [1.54, 1.807) is 0 Å². The van der Waals surface area contributed by atoms with Crippen LogP contribution >= 0.6 is 11.6 Å². The zero-order chi connectivity index (χ0) is 7.56. The van der Waals surface area contributed by atoms with Crippen LogP contribution in [-0.2, 0) is 4.79 Å². The van der Waals surface area contributed by atoms with Gasteiger partial charge < -0.3 is 10.4 Å². The fraction of sp³-hybridized carbons (Fsp3) is 0.833. The van der Waals surface area contributed by atoms with Crippen LogP contribution < -0.4 is 5.32 Å². The van der Waals surface area contributed by atoms with Crippen molar-refractivity contribution in [2.45, 2.75) is 24.9 Å². The predicted molar refractivity (Wildman–Crippen MR) is 38.3 cm³/mol. The lowest BCUT2D eigenvalue weighted by atomic mass is 10.3. The van der Waals surface area contributed by atoms with Crippen LogP contribution in [0.15, 0.2) is 0 Å².